The average Bonchev–Trinajstić information content (AvgIpc) is 3.77. The van der Waals surface area contributed by atoms with E-state index >= 15 is 0 Å². The Morgan fingerprint density at radius 1 is 0.466 bits per heavy atom. The number of hydrogen-bond acceptors (Lipinski definition) is 3. The first-order valence-corrected chi connectivity index (χ1v) is 20.7. The standard InChI is InChI=1S/C54H54N4/c1-52(2,3)39-23-25-43(26-24-39)56-36-57(49-21-15-14-20-48(49)56)44-32-38(31-42(34-44)53(4,5)6)30-37-22-27-46-45-18-12-13-19-47(45)58(50(46)33-37)51-35-41(28-29-55-51)54(7,8)40-16-10-9-11-17-40/h9-29,31-35H,30,36H2,1-8H3. The lowest BCUT2D eigenvalue weighted by atomic mass is 9.78. The summed E-state index contributed by atoms with van der Waals surface area (Å²) in [7, 11) is 0. The van der Waals surface area contributed by atoms with Gasteiger partial charge in [-0.05, 0) is 111 Å². The Bertz CT molecular complexity index is 2780. The van der Waals surface area contributed by atoms with Gasteiger partial charge in [0, 0.05) is 33.8 Å². The van der Waals surface area contributed by atoms with Crippen molar-refractivity contribution in [3.8, 4) is 5.82 Å². The number of aromatic nitrogens is 2. The highest BCUT2D eigenvalue weighted by atomic mass is 15.4. The zero-order chi connectivity index (χ0) is 40.4. The van der Waals surface area contributed by atoms with Crippen LogP contribution in [-0.2, 0) is 22.7 Å². The van der Waals surface area contributed by atoms with Gasteiger partial charge in [0.15, 0.2) is 0 Å². The van der Waals surface area contributed by atoms with Crippen LogP contribution < -0.4 is 9.80 Å². The maximum atomic E-state index is 5.01. The number of benzene rings is 6. The molecule has 2 aromatic heterocycles. The molecule has 0 unspecified atom stereocenters. The summed E-state index contributed by atoms with van der Waals surface area (Å²) in [6, 6.07) is 56.2. The van der Waals surface area contributed by atoms with Gasteiger partial charge >= 0.3 is 0 Å². The van der Waals surface area contributed by atoms with Crippen molar-refractivity contribution in [3.63, 3.8) is 0 Å². The molecule has 58 heavy (non-hydrogen) atoms. The van der Waals surface area contributed by atoms with Crippen LogP contribution in [0.5, 0.6) is 0 Å². The van der Waals surface area contributed by atoms with E-state index in [4.69, 9.17) is 4.98 Å². The maximum absolute atomic E-state index is 5.01. The fourth-order valence-corrected chi connectivity index (χ4v) is 8.72. The van der Waals surface area contributed by atoms with Crippen molar-refractivity contribution in [2.75, 3.05) is 16.5 Å². The molecule has 4 nitrogen and oxygen atoms in total. The lowest BCUT2D eigenvalue weighted by molar-refractivity contribution is 0.589. The Morgan fingerprint density at radius 2 is 1.10 bits per heavy atom. The van der Waals surface area contributed by atoms with Crippen LogP contribution in [0.1, 0.15) is 88.8 Å². The number of pyridine rings is 1. The minimum Gasteiger partial charge on any atom is -0.321 e. The molecule has 0 saturated carbocycles. The van der Waals surface area contributed by atoms with Crippen LogP contribution in [-0.4, -0.2) is 16.2 Å². The highest BCUT2D eigenvalue weighted by molar-refractivity contribution is 6.09. The van der Waals surface area contributed by atoms with Crippen molar-refractivity contribution in [1.29, 1.82) is 0 Å². The van der Waals surface area contributed by atoms with Crippen LogP contribution in [0.25, 0.3) is 27.6 Å². The predicted octanol–water partition coefficient (Wildman–Crippen LogP) is 13.9. The highest BCUT2D eigenvalue weighted by Gasteiger charge is 2.30. The fraction of sp³-hybridized carbons (Fsp3) is 0.241. The average molecular weight is 759 g/mol. The summed E-state index contributed by atoms with van der Waals surface area (Å²) < 4.78 is 2.36. The highest BCUT2D eigenvalue weighted by Crippen LogP contribution is 2.45. The van der Waals surface area contributed by atoms with Crippen LogP contribution in [0.2, 0.25) is 0 Å². The van der Waals surface area contributed by atoms with E-state index in [1.807, 2.05) is 6.20 Å². The van der Waals surface area contributed by atoms with Gasteiger partial charge in [0.25, 0.3) is 0 Å². The number of hydrogen-bond donors (Lipinski definition) is 0. The Hall–Kier alpha value is -6.13. The quantitative estimate of drug-likeness (QED) is 0.162. The van der Waals surface area contributed by atoms with E-state index in [1.54, 1.807) is 0 Å². The van der Waals surface area contributed by atoms with E-state index in [0.29, 0.717) is 0 Å². The first-order chi connectivity index (χ1) is 27.8. The number of para-hydroxylation sites is 3. The Kier molecular flexibility index (Phi) is 9.08. The molecule has 9 rings (SSSR count). The first kappa shape index (κ1) is 37.4. The second-order valence-electron chi connectivity index (χ2n) is 18.7. The summed E-state index contributed by atoms with van der Waals surface area (Å²) in [4.78, 5) is 9.95. The van der Waals surface area contributed by atoms with Crippen LogP contribution in [0.4, 0.5) is 22.7 Å². The summed E-state index contributed by atoms with van der Waals surface area (Å²) in [6.45, 7) is 19.1. The molecule has 3 heterocycles. The van der Waals surface area contributed by atoms with Crippen LogP contribution in [0, 0.1) is 0 Å². The number of nitrogens with zero attached hydrogens (tertiary/aromatic N) is 4. The topological polar surface area (TPSA) is 24.3 Å². The van der Waals surface area contributed by atoms with Crippen LogP contribution in [0.3, 0.4) is 0 Å². The van der Waals surface area contributed by atoms with Gasteiger partial charge in [-0.15, -0.1) is 0 Å². The van der Waals surface area contributed by atoms with E-state index in [1.165, 1.54) is 77.9 Å². The molecule has 0 bridgehead atoms. The minimum atomic E-state index is -0.178. The van der Waals surface area contributed by atoms with E-state index in [-0.39, 0.29) is 16.2 Å². The van der Waals surface area contributed by atoms with Gasteiger partial charge in [-0.25, -0.2) is 4.98 Å². The van der Waals surface area contributed by atoms with Gasteiger partial charge in [-0.2, -0.15) is 0 Å². The van der Waals surface area contributed by atoms with Gasteiger partial charge in [0.05, 0.1) is 22.4 Å². The summed E-state index contributed by atoms with van der Waals surface area (Å²) in [5.41, 5.74) is 14.9. The third-order valence-electron chi connectivity index (χ3n) is 12.3. The lowest BCUT2D eigenvalue weighted by Crippen LogP contribution is -2.25. The Balaban J connectivity index is 1.11. The van der Waals surface area contributed by atoms with Crippen molar-refractivity contribution in [3.05, 3.63) is 191 Å². The van der Waals surface area contributed by atoms with Gasteiger partial charge in [-0.1, -0.05) is 146 Å². The van der Waals surface area contributed by atoms with Crippen molar-refractivity contribution >= 4 is 44.6 Å². The summed E-state index contributed by atoms with van der Waals surface area (Å²) in [5.74, 6) is 0.937. The third kappa shape index (κ3) is 6.75. The van der Waals surface area contributed by atoms with E-state index < -0.39 is 0 Å². The van der Waals surface area contributed by atoms with Gasteiger partial charge in [0.2, 0.25) is 0 Å². The number of rotatable bonds is 7. The molecule has 0 N–H and O–H groups in total. The van der Waals surface area contributed by atoms with E-state index in [2.05, 4.69) is 221 Å². The van der Waals surface area contributed by atoms with E-state index in [9.17, 15) is 0 Å². The zero-order valence-electron chi connectivity index (χ0n) is 35.2. The van der Waals surface area contributed by atoms with Crippen molar-refractivity contribution < 1.29 is 0 Å². The summed E-state index contributed by atoms with van der Waals surface area (Å²) in [5, 5.41) is 2.48. The zero-order valence-corrected chi connectivity index (χ0v) is 35.2. The third-order valence-corrected chi connectivity index (χ3v) is 12.3. The monoisotopic (exact) mass is 758 g/mol. The molecule has 4 heteroatoms. The molecule has 8 aromatic rings. The SMILES string of the molecule is CC(C)(C)c1ccc(N2CN(c3cc(Cc4ccc5c6ccccc6n(-c6cc(C(C)(C)c7ccccc7)ccn6)c5c4)cc(C(C)(C)C)c3)c3ccccc32)cc1. The first-order valence-electron chi connectivity index (χ1n) is 20.7. The molecule has 290 valence electrons. The molecule has 0 radical (unpaired) electrons. The molecule has 0 fully saturated rings. The minimum absolute atomic E-state index is 0.0208. The predicted molar refractivity (Wildman–Crippen MR) is 246 cm³/mol. The molecule has 0 amide bonds. The second kappa shape index (κ2) is 14.1. The molecule has 0 atom stereocenters. The largest absolute Gasteiger partial charge is 0.321 e. The molecule has 1 aliphatic rings. The molecule has 0 spiro atoms. The van der Waals surface area contributed by atoms with Crippen LogP contribution in [0.15, 0.2) is 158 Å². The Labute approximate surface area is 344 Å². The molecular weight excluding hydrogens is 705 g/mol. The molecule has 0 aliphatic carbocycles. The smallest absolute Gasteiger partial charge is 0.137 e. The number of anilines is 4. The van der Waals surface area contributed by atoms with Crippen molar-refractivity contribution in [2.45, 2.75) is 78.1 Å². The Morgan fingerprint density at radius 3 is 1.81 bits per heavy atom. The number of fused-ring (bicyclic) bond motifs is 4. The van der Waals surface area contributed by atoms with Gasteiger partial charge in [0.1, 0.15) is 12.5 Å². The van der Waals surface area contributed by atoms with Crippen molar-refractivity contribution in [1.82, 2.24) is 9.55 Å². The van der Waals surface area contributed by atoms with Crippen molar-refractivity contribution in [2.24, 2.45) is 0 Å². The maximum Gasteiger partial charge on any atom is 0.137 e. The van der Waals surface area contributed by atoms with Gasteiger partial charge < -0.3 is 9.80 Å². The molecule has 6 aromatic carbocycles. The molecule has 0 saturated heterocycles. The second-order valence-corrected chi connectivity index (χ2v) is 18.7. The molecule has 1 aliphatic heterocycles. The van der Waals surface area contributed by atoms with E-state index in [0.717, 1.165) is 18.9 Å². The summed E-state index contributed by atoms with van der Waals surface area (Å²) >= 11 is 0. The fourth-order valence-electron chi connectivity index (χ4n) is 8.72. The van der Waals surface area contributed by atoms with Crippen LogP contribution >= 0.6 is 0 Å². The van der Waals surface area contributed by atoms with Gasteiger partial charge in [-0.3, -0.25) is 4.57 Å². The molecular formula is C54H54N4. The summed E-state index contributed by atoms with van der Waals surface area (Å²) in [6.07, 6.45) is 2.79. The lowest BCUT2D eigenvalue weighted by Gasteiger charge is -2.27. The normalized spacial score (nSPS) is 13.4.